The fourth-order valence-corrected chi connectivity index (χ4v) is 9.78. The lowest BCUT2D eigenvalue weighted by molar-refractivity contribution is 0.629. The minimum Gasteiger partial charge on any atom is -0.309 e. The summed E-state index contributed by atoms with van der Waals surface area (Å²) in [6.07, 6.45) is 0. The van der Waals surface area contributed by atoms with Gasteiger partial charge in [0.1, 0.15) is 5.82 Å². The van der Waals surface area contributed by atoms with Crippen molar-refractivity contribution in [2.75, 3.05) is 9.80 Å². The monoisotopic (exact) mass is 838 g/mol. The predicted octanol–water partition coefficient (Wildman–Crippen LogP) is 17.9. The van der Waals surface area contributed by atoms with Crippen LogP contribution in [0.3, 0.4) is 0 Å². The number of anilines is 6. The number of nitrogens with zero attached hydrogens (tertiary/aromatic N) is 2. The molecule has 0 atom stereocenters. The van der Waals surface area contributed by atoms with E-state index < -0.39 is 0 Å². The largest absolute Gasteiger partial charge is 0.309 e. The molecule has 11 aromatic carbocycles. The van der Waals surface area contributed by atoms with Crippen LogP contribution in [0.15, 0.2) is 212 Å². The second-order valence-corrected chi connectivity index (χ2v) is 17.4. The maximum atomic E-state index is 16.8. The van der Waals surface area contributed by atoms with Crippen molar-refractivity contribution in [3.8, 4) is 22.3 Å². The van der Waals surface area contributed by atoms with Gasteiger partial charge < -0.3 is 9.80 Å². The predicted molar refractivity (Wildman–Crippen MR) is 276 cm³/mol. The molecule has 0 radical (unpaired) electrons. The van der Waals surface area contributed by atoms with Gasteiger partial charge in [-0.25, -0.2) is 4.39 Å². The molecular weight excluding hydrogens is 792 g/mol. The molecule has 0 unspecified atom stereocenters. The molecule has 0 saturated heterocycles. The highest BCUT2D eigenvalue weighted by Crippen LogP contribution is 2.51. The molecule has 0 aliphatic carbocycles. The average Bonchev–Trinajstić information content (AvgIpc) is 3.33. The molecule has 0 N–H and O–H groups in total. The molecule has 0 aromatic heterocycles. The number of hydrogen-bond donors (Lipinski definition) is 0. The van der Waals surface area contributed by atoms with Crippen molar-refractivity contribution < 1.29 is 4.39 Å². The van der Waals surface area contributed by atoms with Crippen LogP contribution in [0, 0.1) is 33.5 Å². The van der Waals surface area contributed by atoms with E-state index >= 15 is 4.39 Å². The number of aryl methyl sites for hydroxylation is 4. The maximum absolute atomic E-state index is 16.8. The first kappa shape index (κ1) is 39.8. The first-order valence-electron chi connectivity index (χ1n) is 22.4. The summed E-state index contributed by atoms with van der Waals surface area (Å²) in [6.45, 7) is 8.49. The van der Waals surface area contributed by atoms with Crippen molar-refractivity contribution in [1.29, 1.82) is 0 Å². The zero-order valence-electron chi connectivity index (χ0n) is 37.0. The zero-order valence-corrected chi connectivity index (χ0v) is 37.0. The van der Waals surface area contributed by atoms with Crippen molar-refractivity contribution in [3.05, 3.63) is 240 Å². The smallest absolute Gasteiger partial charge is 0.124 e. The van der Waals surface area contributed by atoms with Crippen molar-refractivity contribution >= 4 is 77.2 Å². The first-order valence-corrected chi connectivity index (χ1v) is 22.4. The van der Waals surface area contributed by atoms with Crippen LogP contribution in [0.5, 0.6) is 0 Å². The Bertz CT molecular complexity index is 3130. The molecule has 11 aromatic rings. The van der Waals surface area contributed by atoms with Gasteiger partial charge in [-0.1, -0.05) is 168 Å². The number of halogens is 1. The Labute approximate surface area is 380 Å². The summed E-state index contributed by atoms with van der Waals surface area (Å²) in [5.41, 5.74) is 14.9. The van der Waals surface area contributed by atoms with Crippen molar-refractivity contribution in [3.63, 3.8) is 0 Å². The molecule has 2 nitrogen and oxygen atoms in total. The first-order chi connectivity index (χ1) is 31.8. The summed E-state index contributed by atoms with van der Waals surface area (Å²) in [5.74, 6) is -0.283. The highest BCUT2D eigenvalue weighted by atomic mass is 19.1. The van der Waals surface area contributed by atoms with E-state index in [0.717, 1.165) is 99.5 Å². The van der Waals surface area contributed by atoms with Gasteiger partial charge in [-0.2, -0.15) is 0 Å². The van der Waals surface area contributed by atoms with E-state index in [9.17, 15) is 0 Å². The van der Waals surface area contributed by atoms with Crippen molar-refractivity contribution in [2.24, 2.45) is 0 Å². The molecule has 0 bridgehead atoms. The normalized spacial score (nSPS) is 11.5. The molecule has 0 fully saturated rings. The van der Waals surface area contributed by atoms with Gasteiger partial charge in [0.2, 0.25) is 0 Å². The molecule has 11 rings (SSSR count). The van der Waals surface area contributed by atoms with E-state index in [4.69, 9.17) is 0 Å². The molecule has 0 heterocycles. The molecule has 312 valence electrons. The van der Waals surface area contributed by atoms with Crippen LogP contribution in [0.4, 0.5) is 38.5 Å². The minimum atomic E-state index is -0.283. The van der Waals surface area contributed by atoms with E-state index in [1.165, 1.54) is 22.3 Å². The van der Waals surface area contributed by atoms with Crippen LogP contribution in [0.1, 0.15) is 22.3 Å². The Morgan fingerprint density at radius 3 is 0.754 bits per heavy atom. The van der Waals surface area contributed by atoms with Crippen LogP contribution in [0.2, 0.25) is 0 Å². The zero-order chi connectivity index (χ0) is 44.2. The van der Waals surface area contributed by atoms with Crippen LogP contribution < -0.4 is 9.80 Å². The Morgan fingerprint density at radius 2 is 0.508 bits per heavy atom. The Balaban J connectivity index is 1.18. The second-order valence-electron chi connectivity index (χ2n) is 17.4. The molecule has 0 aliphatic heterocycles. The fraction of sp³-hybridized carbons (Fsp3) is 0.0645. The summed E-state index contributed by atoms with van der Waals surface area (Å²) in [4.78, 5) is 4.75. The van der Waals surface area contributed by atoms with Crippen LogP contribution in [-0.4, -0.2) is 0 Å². The summed E-state index contributed by atoms with van der Waals surface area (Å²) >= 11 is 0. The maximum Gasteiger partial charge on any atom is 0.124 e. The fourth-order valence-electron chi connectivity index (χ4n) is 9.78. The summed E-state index contributed by atoms with van der Waals surface area (Å²) in [6, 6.07) is 75.1. The summed E-state index contributed by atoms with van der Waals surface area (Å²) < 4.78 is 16.8. The third-order valence-corrected chi connectivity index (χ3v) is 12.9. The van der Waals surface area contributed by atoms with Crippen LogP contribution in [-0.2, 0) is 0 Å². The highest BCUT2D eigenvalue weighted by Gasteiger charge is 2.25. The minimum absolute atomic E-state index is 0.283. The summed E-state index contributed by atoms with van der Waals surface area (Å²) in [5, 5.41) is 8.55. The van der Waals surface area contributed by atoms with Gasteiger partial charge in [0.25, 0.3) is 0 Å². The second kappa shape index (κ2) is 16.3. The number of rotatable bonds is 8. The van der Waals surface area contributed by atoms with Gasteiger partial charge in [0.05, 0.1) is 11.4 Å². The number of fused-ring (bicyclic) bond motifs is 4. The quantitative estimate of drug-likeness (QED) is 0.141. The average molecular weight is 839 g/mol. The SMILES string of the molecule is Cc1ccc(N(c2ccc(C)cc2)c2c3ccccc3c(-c3cc(F)cc(-c4c5ccccc5c(N(c5ccc(C)cc5)c5ccc(C)cc5)c5ccccc45)c3)c3ccccc23)cc1. The van der Waals surface area contributed by atoms with Gasteiger partial charge >= 0.3 is 0 Å². The van der Waals surface area contributed by atoms with Gasteiger partial charge in [0, 0.05) is 44.3 Å². The lowest BCUT2D eigenvalue weighted by Crippen LogP contribution is -2.11. The van der Waals surface area contributed by atoms with E-state index in [0.29, 0.717) is 0 Å². The molecular formula is C62H47FN2. The van der Waals surface area contributed by atoms with Crippen molar-refractivity contribution in [2.45, 2.75) is 27.7 Å². The molecule has 0 saturated carbocycles. The third-order valence-electron chi connectivity index (χ3n) is 12.9. The Hall–Kier alpha value is -8.01. The lowest BCUT2D eigenvalue weighted by atomic mass is 9.86. The van der Waals surface area contributed by atoms with Crippen LogP contribution in [0.25, 0.3) is 65.3 Å². The molecule has 3 heteroatoms. The van der Waals surface area contributed by atoms with Crippen molar-refractivity contribution in [1.82, 2.24) is 0 Å². The number of hydrogen-bond acceptors (Lipinski definition) is 2. The number of benzene rings is 11. The standard InChI is InChI=1S/C62H47FN2/c1-40-21-29-47(30-22-40)64(48-31-23-41(2)24-32-48)61-55-17-9-5-13-51(55)59(52-14-6-10-18-56(52)61)44-37-45(39-46(63)38-44)60-53-15-7-11-19-57(53)62(58-20-12-8-16-54(58)60)65(49-33-25-42(3)26-34-49)50-35-27-43(4)28-36-50/h5-39H,1-4H3. The Kier molecular flexibility index (Phi) is 9.97. The van der Waals surface area contributed by atoms with E-state index in [1.54, 1.807) is 12.1 Å². The van der Waals surface area contributed by atoms with Gasteiger partial charge in [0.15, 0.2) is 0 Å². The van der Waals surface area contributed by atoms with E-state index in [2.05, 4.69) is 238 Å². The summed E-state index contributed by atoms with van der Waals surface area (Å²) in [7, 11) is 0. The third kappa shape index (κ3) is 7.06. The lowest BCUT2D eigenvalue weighted by Gasteiger charge is -2.30. The molecule has 0 spiro atoms. The topological polar surface area (TPSA) is 6.48 Å². The Morgan fingerprint density at radius 1 is 0.277 bits per heavy atom. The van der Waals surface area contributed by atoms with Gasteiger partial charge in [-0.3, -0.25) is 0 Å². The van der Waals surface area contributed by atoms with Gasteiger partial charge in [-0.05, 0) is 138 Å². The molecule has 0 aliphatic rings. The molecule has 0 amide bonds. The van der Waals surface area contributed by atoms with Crippen LogP contribution >= 0.6 is 0 Å². The van der Waals surface area contributed by atoms with Gasteiger partial charge in [-0.15, -0.1) is 0 Å². The van der Waals surface area contributed by atoms with E-state index in [-0.39, 0.29) is 5.82 Å². The highest BCUT2D eigenvalue weighted by molar-refractivity contribution is 6.24. The van der Waals surface area contributed by atoms with E-state index in [1.807, 2.05) is 0 Å². The molecule has 65 heavy (non-hydrogen) atoms.